The average molecular weight is 400 g/mol. The van der Waals surface area contributed by atoms with Gasteiger partial charge in [0.05, 0.1) is 0 Å². The third kappa shape index (κ3) is 5.33. The van der Waals surface area contributed by atoms with E-state index in [1.54, 1.807) is 31.2 Å². The lowest BCUT2D eigenvalue weighted by atomic mass is 10.0. The molecule has 0 aromatic heterocycles. The summed E-state index contributed by atoms with van der Waals surface area (Å²) in [5.74, 6) is -0.833. The summed E-state index contributed by atoms with van der Waals surface area (Å²) >= 11 is 1.54. The van der Waals surface area contributed by atoms with E-state index in [-0.39, 0.29) is 11.3 Å². The lowest BCUT2D eigenvalue weighted by Gasteiger charge is -2.13. The summed E-state index contributed by atoms with van der Waals surface area (Å²) in [5, 5.41) is 0. The van der Waals surface area contributed by atoms with E-state index in [1.807, 2.05) is 6.92 Å². The smallest absolute Gasteiger partial charge is 0.338 e. The molecular formula is C22H21FO4S. The molecule has 0 saturated carbocycles. The normalized spacial score (nSPS) is 10.3. The molecule has 0 atom stereocenters. The zero-order chi connectivity index (χ0) is 20.8. The van der Waals surface area contributed by atoms with Gasteiger partial charge in [-0.3, -0.25) is 0 Å². The molecule has 0 radical (unpaired) electrons. The van der Waals surface area contributed by atoms with Gasteiger partial charge >= 0.3 is 11.9 Å². The van der Waals surface area contributed by atoms with E-state index in [0.29, 0.717) is 16.9 Å². The summed E-state index contributed by atoms with van der Waals surface area (Å²) in [5.41, 5.74) is 1.88. The first kappa shape index (κ1) is 21.4. The van der Waals surface area contributed by atoms with Crippen molar-refractivity contribution < 1.29 is 23.5 Å². The molecule has 2 rings (SSSR count). The molecule has 28 heavy (non-hydrogen) atoms. The van der Waals surface area contributed by atoms with Crippen LogP contribution < -0.4 is 9.47 Å². The van der Waals surface area contributed by atoms with Crippen LogP contribution in [0.25, 0.3) is 11.1 Å². The van der Waals surface area contributed by atoms with Crippen molar-refractivity contribution in [3.8, 4) is 22.6 Å². The molecule has 0 fully saturated rings. The summed E-state index contributed by atoms with van der Waals surface area (Å²) in [6, 6.07) is 9.50. The van der Waals surface area contributed by atoms with E-state index in [2.05, 4.69) is 13.2 Å². The van der Waals surface area contributed by atoms with Gasteiger partial charge in [0.25, 0.3) is 0 Å². The van der Waals surface area contributed by atoms with Gasteiger partial charge in [-0.1, -0.05) is 26.1 Å². The minimum Gasteiger partial charge on any atom is -0.423 e. The third-order valence-electron chi connectivity index (χ3n) is 3.61. The number of esters is 2. The first-order valence-electron chi connectivity index (χ1n) is 8.55. The Bertz CT molecular complexity index is 950. The molecule has 2 aromatic carbocycles. The van der Waals surface area contributed by atoms with Gasteiger partial charge in [0.1, 0.15) is 5.75 Å². The zero-order valence-corrected chi connectivity index (χ0v) is 16.8. The summed E-state index contributed by atoms with van der Waals surface area (Å²) in [6.07, 6.45) is 0. The Balaban J connectivity index is 2.36. The standard InChI is InChI=1S/C22H21FO4S/c1-6-28-20-12-16(26-21(24)13(2)3)8-9-17(20)15-7-10-19(18(23)11-15)27-22(25)14(4)5/h7-12H,2,4,6H2,1,3,5H3. The molecule has 0 saturated heterocycles. The minimum atomic E-state index is -0.683. The van der Waals surface area contributed by atoms with Gasteiger partial charge in [0, 0.05) is 16.0 Å². The van der Waals surface area contributed by atoms with Gasteiger partial charge in [-0.2, -0.15) is 0 Å². The maximum Gasteiger partial charge on any atom is 0.338 e. The third-order valence-corrected chi connectivity index (χ3v) is 4.54. The number of benzene rings is 2. The Morgan fingerprint density at radius 2 is 1.64 bits per heavy atom. The number of ether oxygens (including phenoxy) is 2. The highest BCUT2D eigenvalue weighted by molar-refractivity contribution is 7.99. The first-order chi connectivity index (χ1) is 13.2. The molecular weight excluding hydrogens is 379 g/mol. The van der Waals surface area contributed by atoms with E-state index >= 15 is 0 Å². The van der Waals surface area contributed by atoms with Crippen molar-refractivity contribution in [1.29, 1.82) is 0 Å². The molecule has 0 heterocycles. The van der Waals surface area contributed by atoms with Crippen LogP contribution in [0.3, 0.4) is 0 Å². The van der Waals surface area contributed by atoms with Crippen LogP contribution >= 0.6 is 11.8 Å². The summed E-state index contributed by atoms with van der Waals surface area (Å²) < 4.78 is 24.7. The van der Waals surface area contributed by atoms with E-state index in [1.165, 1.54) is 30.8 Å². The number of thioether (sulfide) groups is 1. The van der Waals surface area contributed by atoms with Gasteiger partial charge in [0.15, 0.2) is 11.6 Å². The number of carbonyl (C=O) groups excluding carboxylic acids is 2. The second kappa shape index (κ2) is 9.37. The summed E-state index contributed by atoms with van der Waals surface area (Å²) in [7, 11) is 0. The fourth-order valence-corrected chi connectivity index (χ4v) is 3.06. The Labute approximate surface area is 168 Å². The molecule has 0 aliphatic heterocycles. The second-order valence-corrected chi connectivity index (χ2v) is 7.38. The van der Waals surface area contributed by atoms with Crippen LogP contribution in [0.1, 0.15) is 20.8 Å². The van der Waals surface area contributed by atoms with Crippen molar-refractivity contribution in [2.24, 2.45) is 0 Å². The Morgan fingerprint density at radius 1 is 1.00 bits per heavy atom. The van der Waals surface area contributed by atoms with E-state index in [0.717, 1.165) is 16.2 Å². The fraction of sp³-hybridized carbons (Fsp3) is 0.182. The molecule has 146 valence electrons. The van der Waals surface area contributed by atoms with Crippen molar-refractivity contribution >= 4 is 23.7 Å². The SMILES string of the molecule is C=C(C)C(=O)Oc1ccc(-c2ccc(OC(=O)C(=C)C)c(F)c2)c(SCC)c1. The lowest BCUT2D eigenvalue weighted by Crippen LogP contribution is -2.09. The molecule has 0 N–H and O–H groups in total. The summed E-state index contributed by atoms with van der Waals surface area (Å²) in [4.78, 5) is 24.2. The largest absolute Gasteiger partial charge is 0.423 e. The molecule has 0 unspecified atom stereocenters. The van der Waals surface area contributed by atoms with Gasteiger partial charge in [-0.15, -0.1) is 11.8 Å². The van der Waals surface area contributed by atoms with Crippen molar-refractivity contribution in [2.75, 3.05) is 5.75 Å². The highest BCUT2D eigenvalue weighted by Gasteiger charge is 2.14. The quantitative estimate of drug-likeness (QED) is 0.263. The Kier molecular flexibility index (Phi) is 7.18. The Morgan fingerprint density at radius 3 is 2.21 bits per heavy atom. The number of carbonyl (C=O) groups is 2. The maximum absolute atomic E-state index is 14.4. The van der Waals surface area contributed by atoms with Crippen LogP contribution in [-0.4, -0.2) is 17.7 Å². The Hall–Kier alpha value is -2.86. The molecule has 0 aliphatic rings. The van der Waals surface area contributed by atoms with E-state index < -0.39 is 17.8 Å². The van der Waals surface area contributed by atoms with Gasteiger partial charge in [0.2, 0.25) is 0 Å². The average Bonchev–Trinajstić information content (AvgIpc) is 2.63. The van der Waals surface area contributed by atoms with Crippen molar-refractivity contribution in [3.63, 3.8) is 0 Å². The molecule has 2 aromatic rings. The van der Waals surface area contributed by atoms with Crippen LogP contribution in [-0.2, 0) is 9.59 Å². The molecule has 4 nitrogen and oxygen atoms in total. The van der Waals surface area contributed by atoms with Crippen LogP contribution in [0, 0.1) is 5.82 Å². The van der Waals surface area contributed by atoms with Crippen molar-refractivity contribution in [2.45, 2.75) is 25.7 Å². The highest BCUT2D eigenvalue weighted by Crippen LogP contribution is 2.36. The highest BCUT2D eigenvalue weighted by atomic mass is 32.2. The van der Waals surface area contributed by atoms with E-state index in [4.69, 9.17) is 9.47 Å². The van der Waals surface area contributed by atoms with Crippen LogP contribution in [0.5, 0.6) is 11.5 Å². The van der Waals surface area contributed by atoms with E-state index in [9.17, 15) is 14.0 Å². The second-order valence-electron chi connectivity index (χ2n) is 6.08. The van der Waals surface area contributed by atoms with Crippen molar-refractivity contribution in [1.82, 2.24) is 0 Å². The fourth-order valence-electron chi connectivity index (χ4n) is 2.21. The number of halogens is 1. The summed E-state index contributed by atoms with van der Waals surface area (Å²) in [6.45, 7) is 12.1. The molecule has 0 aliphatic carbocycles. The van der Waals surface area contributed by atoms with Crippen LogP contribution in [0.2, 0.25) is 0 Å². The predicted molar refractivity (Wildman–Crippen MR) is 109 cm³/mol. The van der Waals surface area contributed by atoms with Gasteiger partial charge in [-0.05, 0) is 61.1 Å². The maximum atomic E-state index is 14.4. The van der Waals surface area contributed by atoms with Crippen molar-refractivity contribution in [3.05, 3.63) is 66.5 Å². The number of rotatable bonds is 7. The van der Waals surface area contributed by atoms with Crippen LogP contribution in [0.4, 0.5) is 4.39 Å². The first-order valence-corrected chi connectivity index (χ1v) is 9.53. The van der Waals surface area contributed by atoms with Gasteiger partial charge < -0.3 is 9.47 Å². The topological polar surface area (TPSA) is 52.6 Å². The molecule has 0 bridgehead atoms. The lowest BCUT2D eigenvalue weighted by molar-refractivity contribution is -0.131. The number of hydrogen-bond acceptors (Lipinski definition) is 5. The monoisotopic (exact) mass is 400 g/mol. The van der Waals surface area contributed by atoms with Crippen LogP contribution in [0.15, 0.2) is 65.6 Å². The minimum absolute atomic E-state index is 0.159. The van der Waals surface area contributed by atoms with Gasteiger partial charge in [-0.25, -0.2) is 14.0 Å². The molecule has 6 heteroatoms. The molecule has 0 spiro atoms. The predicted octanol–water partition coefficient (Wildman–Crippen LogP) is 5.57. The molecule has 0 amide bonds. The zero-order valence-electron chi connectivity index (χ0n) is 16.0. The number of hydrogen-bond donors (Lipinski definition) is 0.